The molecule has 5 nitrogen and oxygen atoms in total. The zero-order valence-electron chi connectivity index (χ0n) is 20.7. The van der Waals surface area contributed by atoms with E-state index in [0.29, 0.717) is 31.7 Å². The van der Waals surface area contributed by atoms with Gasteiger partial charge in [-0.1, -0.05) is 39.0 Å². The maximum atomic E-state index is 13.6. The molecule has 3 aliphatic carbocycles. The standard InChI is InChI=1S/C28H38O5/c1-27(2)24-16-23(32-5)21-14-19(15-22(21)29)8-11-25(30)28(24,3)13-12-26(27)33-17-18-6-9-20(31-4)10-7-18/h6-7,9-10,14,19,23-24,26H,8,11-13,15-17H2,1-5H3/t19-,23+,24+,26-,28+/m0/s1. The van der Waals surface area contributed by atoms with E-state index in [1.54, 1.807) is 14.2 Å². The lowest BCUT2D eigenvalue weighted by Gasteiger charge is -2.54. The van der Waals surface area contributed by atoms with Gasteiger partial charge in [0.25, 0.3) is 0 Å². The summed E-state index contributed by atoms with van der Waals surface area (Å²) in [6.07, 6.45) is 5.97. The van der Waals surface area contributed by atoms with Gasteiger partial charge in [-0.05, 0) is 60.6 Å². The summed E-state index contributed by atoms with van der Waals surface area (Å²) in [6, 6.07) is 7.96. The summed E-state index contributed by atoms with van der Waals surface area (Å²) in [5.41, 5.74) is 1.24. The summed E-state index contributed by atoms with van der Waals surface area (Å²) < 4.78 is 17.6. The monoisotopic (exact) mass is 454 g/mol. The molecule has 5 heteroatoms. The van der Waals surface area contributed by atoms with Crippen LogP contribution >= 0.6 is 0 Å². The number of Topliss-reactive ketones (excluding diaryl/α,β-unsaturated/α-hetero) is 2. The number of carbonyl (C=O) groups excluding carboxylic acids is 2. The maximum Gasteiger partial charge on any atom is 0.161 e. The first kappa shape index (κ1) is 24.2. The second-order valence-corrected chi connectivity index (χ2v) is 10.9. The van der Waals surface area contributed by atoms with Gasteiger partial charge in [-0.15, -0.1) is 0 Å². The van der Waals surface area contributed by atoms with E-state index in [2.05, 4.69) is 26.8 Å². The Morgan fingerprint density at radius 2 is 1.76 bits per heavy atom. The molecule has 0 saturated heterocycles. The summed E-state index contributed by atoms with van der Waals surface area (Å²) in [5, 5.41) is 0. The highest BCUT2D eigenvalue weighted by Gasteiger charge is 2.56. The average molecular weight is 455 g/mol. The quantitative estimate of drug-likeness (QED) is 0.604. The number of fused-ring (bicyclic) bond motifs is 2. The first-order chi connectivity index (χ1) is 15.7. The maximum absolute atomic E-state index is 13.6. The van der Waals surface area contributed by atoms with Gasteiger partial charge in [-0.2, -0.15) is 0 Å². The molecule has 33 heavy (non-hydrogen) atoms. The number of rotatable bonds is 5. The summed E-state index contributed by atoms with van der Waals surface area (Å²) >= 11 is 0. The number of ketones is 2. The Bertz CT molecular complexity index is 915. The zero-order chi connectivity index (χ0) is 23.8. The van der Waals surface area contributed by atoms with Gasteiger partial charge in [-0.3, -0.25) is 9.59 Å². The third-order valence-electron chi connectivity index (χ3n) is 8.68. The molecule has 0 aliphatic heterocycles. The van der Waals surface area contributed by atoms with Crippen LogP contribution in [0.25, 0.3) is 0 Å². The van der Waals surface area contributed by atoms with Gasteiger partial charge >= 0.3 is 0 Å². The third kappa shape index (κ3) is 4.54. The van der Waals surface area contributed by atoms with Gasteiger partial charge in [0, 0.05) is 30.9 Å². The fraction of sp³-hybridized carbons (Fsp3) is 0.643. The van der Waals surface area contributed by atoms with Crippen molar-refractivity contribution in [2.45, 2.75) is 78.1 Å². The highest BCUT2D eigenvalue weighted by Crippen LogP contribution is 2.56. The van der Waals surface area contributed by atoms with Crippen LogP contribution in [0.15, 0.2) is 35.9 Å². The number of hydrogen-bond donors (Lipinski definition) is 0. The Labute approximate surface area is 197 Å². The number of benzene rings is 1. The van der Waals surface area contributed by atoms with Crippen molar-refractivity contribution in [2.75, 3.05) is 14.2 Å². The second kappa shape index (κ2) is 9.34. The molecule has 1 fully saturated rings. The zero-order valence-corrected chi connectivity index (χ0v) is 20.7. The van der Waals surface area contributed by atoms with Crippen LogP contribution in [0.5, 0.6) is 5.75 Å². The minimum atomic E-state index is -0.430. The van der Waals surface area contributed by atoms with Crippen molar-refractivity contribution in [1.82, 2.24) is 0 Å². The van der Waals surface area contributed by atoms with Crippen LogP contribution in [0.2, 0.25) is 0 Å². The topological polar surface area (TPSA) is 61.8 Å². The Hall–Kier alpha value is -1.98. The van der Waals surface area contributed by atoms with Crippen LogP contribution in [-0.4, -0.2) is 38.0 Å². The normalized spacial score (nSPS) is 33.9. The molecule has 0 N–H and O–H groups in total. The number of hydrogen-bond acceptors (Lipinski definition) is 5. The Morgan fingerprint density at radius 3 is 2.42 bits per heavy atom. The van der Waals surface area contributed by atoms with E-state index in [0.717, 1.165) is 36.1 Å². The van der Waals surface area contributed by atoms with Gasteiger partial charge in [0.2, 0.25) is 0 Å². The van der Waals surface area contributed by atoms with Gasteiger partial charge in [0.15, 0.2) is 5.78 Å². The predicted octanol–water partition coefficient (Wildman–Crippen LogP) is 5.31. The van der Waals surface area contributed by atoms with Crippen LogP contribution < -0.4 is 4.74 Å². The van der Waals surface area contributed by atoms with E-state index < -0.39 is 5.41 Å². The molecule has 0 aromatic heterocycles. The molecule has 180 valence electrons. The Balaban J connectivity index is 1.59. The van der Waals surface area contributed by atoms with Crippen LogP contribution in [0.4, 0.5) is 0 Å². The van der Waals surface area contributed by atoms with Crippen molar-refractivity contribution < 1.29 is 23.8 Å². The molecule has 0 radical (unpaired) electrons. The molecule has 2 bridgehead atoms. The van der Waals surface area contributed by atoms with Gasteiger partial charge < -0.3 is 14.2 Å². The molecule has 3 aliphatic rings. The number of methoxy groups -OCH3 is 2. The van der Waals surface area contributed by atoms with Crippen molar-refractivity contribution in [3.8, 4) is 5.75 Å². The molecular formula is C28H38O5. The van der Waals surface area contributed by atoms with Crippen molar-refractivity contribution >= 4 is 11.6 Å². The highest BCUT2D eigenvalue weighted by atomic mass is 16.5. The summed E-state index contributed by atoms with van der Waals surface area (Å²) in [6.45, 7) is 7.13. The lowest BCUT2D eigenvalue weighted by Crippen LogP contribution is -2.55. The minimum Gasteiger partial charge on any atom is -0.497 e. The van der Waals surface area contributed by atoms with Gasteiger partial charge in [0.05, 0.1) is 25.9 Å². The van der Waals surface area contributed by atoms with Gasteiger partial charge in [-0.25, -0.2) is 0 Å². The lowest BCUT2D eigenvalue weighted by molar-refractivity contribution is -0.161. The summed E-state index contributed by atoms with van der Waals surface area (Å²) in [5.74, 6) is 1.58. The molecule has 0 heterocycles. The van der Waals surface area contributed by atoms with Crippen LogP contribution in [0, 0.1) is 22.7 Å². The Morgan fingerprint density at radius 1 is 1.03 bits per heavy atom. The average Bonchev–Trinajstić information content (AvgIpc) is 3.16. The molecule has 5 atom stereocenters. The van der Waals surface area contributed by atoms with Crippen LogP contribution in [0.1, 0.15) is 64.9 Å². The van der Waals surface area contributed by atoms with Crippen molar-refractivity contribution in [2.24, 2.45) is 22.7 Å². The smallest absolute Gasteiger partial charge is 0.161 e. The fourth-order valence-electron chi connectivity index (χ4n) is 6.54. The molecular weight excluding hydrogens is 416 g/mol. The molecule has 4 rings (SSSR count). The second-order valence-electron chi connectivity index (χ2n) is 10.9. The number of carbonyl (C=O) groups is 2. The summed E-state index contributed by atoms with van der Waals surface area (Å²) in [4.78, 5) is 26.3. The largest absolute Gasteiger partial charge is 0.497 e. The molecule has 0 spiro atoms. The first-order valence-corrected chi connectivity index (χ1v) is 12.2. The van der Waals surface area contributed by atoms with E-state index in [4.69, 9.17) is 14.2 Å². The number of ether oxygens (including phenoxy) is 3. The molecule has 0 unspecified atom stereocenters. The van der Waals surface area contributed by atoms with E-state index in [1.165, 1.54) is 0 Å². The van der Waals surface area contributed by atoms with E-state index in [9.17, 15) is 9.59 Å². The fourth-order valence-corrected chi connectivity index (χ4v) is 6.54. The SMILES string of the molecule is COc1ccc(CO[C@H]2CC[C@@]3(C)C(=O)CC[C@H]4C=C(C(=O)C4)[C@H](OC)C[C@@H]3C2(C)C)cc1. The Kier molecular flexibility index (Phi) is 6.84. The van der Waals surface area contributed by atoms with Crippen molar-refractivity contribution in [3.63, 3.8) is 0 Å². The van der Waals surface area contributed by atoms with Crippen molar-refractivity contribution in [1.29, 1.82) is 0 Å². The molecule has 1 aromatic carbocycles. The summed E-state index contributed by atoms with van der Waals surface area (Å²) in [7, 11) is 3.35. The van der Waals surface area contributed by atoms with E-state index in [1.807, 2.05) is 24.3 Å². The highest BCUT2D eigenvalue weighted by molar-refractivity contribution is 5.99. The van der Waals surface area contributed by atoms with Crippen LogP contribution in [-0.2, 0) is 25.7 Å². The number of allylic oxidation sites excluding steroid dienone is 1. The predicted molar refractivity (Wildman–Crippen MR) is 127 cm³/mol. The van der Waals surface area contributed by atoms with Crippen molar-refractivity contribution in [3.05, 3.63) is 41.5 Å². The molecule has 1 saturated carbocycles. The van der Waals surface area contributed by atoms with Gasteiger partial charge in [0.1, 0.15) is 11.5 Å². The van der Waals surface area contributed by atoms with E-state index in [-0.39, 0.29) is 35.2 Å². The van der Waals surface area contributed by atoms with E-state index >= 15 is 0 Å². The lowest BCUT2D eigenvalue weighted by atomic mass is 9.52. The van der Waals surface area contributed by atoms with Crippen LogP contribution in [0.3, 0.4) is 0 Å². The molecule has 0 amide bonds. The minimum absolute atomic E-state index is 0.0203. The first-order valence-electron chi connectivity index (χ1n) is 12.2. The third-order valence-corrected chi connectivity index (χ3v) is 8.68. The molecule has 1 aromatic rings.